The lowest BCUT2D eigenvalue weighted by molar-refractivity contribution is 0.0408. The average molecular weight is 198 g/mol. The van der Waals surface area contributed by atoms with Gasteiger partial charge in [0.05, 0.1) is 6.61 Å². The fourth-order valence-electron chi connectivity index (χ4n) is 1.67. The maximum atomic E-state index is 5.41. The number of hydrogen-bond acceptors (Lipinski definition) is 3. The number of nitrogens with one attached hydrogen (secondary N) is 2. The number of piperidine rings is 1. The van der Waals surface area contributed by atoms with E-state index in [1.54, 1.807) is 0 Å². The van der Waals surface area contributed by atoms with Crippen molar-refractivity contribution in [2.24, 2.45) is 0 Å². The highest BCUT2D eigenvalue weighted by molar-refractivity contribution is 4.91. The SMILES string of the molecule is CC/C=C(/C)NOCC1CCCCN1. The number of hydrogen-bond donors (Lipinski definition) is 2. The molecule has 1 aliphatic heterocycles. The predicted octanol–water partition coefficient (Wildman–Crippen LogP) is 1.96. The van der Waals surface area contributed by atoms with E-state index in [9.17, 15) is 0 Å². The molecule has 1 fully saturated rings. The van der Waals surface area contributed by atoms with E-state index in [-0.39, 0.29) is 0 Å². The van der Waals surface area contributed by atoms with E-state index >= 15 is 0 Å². The molecule has 0 radical (unpaired) electrons. The molecule has 3 nitrogen and oxygen atoms in total. The van der Waals surface area contributed by atoms with E-state index in [0.29, 0.717) is 6.04 Å². The normalized spacial score (nSPS) is 23.6. The zero-order valence-corrected chi connectivity index (χ0v) is 9.31. The van der Waals surface area contributed by atoms with Crippen LogP contribution in [0.5, 0.6) is 0 Å². The van der Waals surface area contributed by atoms with Crippen LogP contribution in [0.3, 0.4) is 0 Å². The van der Waals surface area contributed by atoms with Crippen molar-refractivity contribution in [2.75, 3.05) is 13.2 Å². The van der Waals surface area contributed by atoms with Crippen LogP contribution in [-0.4, -0.2) is 19.2 Å². The Hall–Kier alpha value is -0.540. The fourth-order valence-corrected chi connectivity index (χ4v) is 1.67. The van der Waals surface area contributed by atoms with E-state index < -0.39 is 0 Å². The van der Waals surface area contributed by atoms with Crippen LogP contribution in [0.2, 0.25) is 0 Å². The highest BCUT2D eigenvalue weighted by Gasteiger charge is 2.11. The minimum atomic E-state index is 0.533. The summed E-state index contributed by atoms with van der Waals surface area (Å²) in [5.41, 5.74) is 4.05. The van der Waals surface area contributed by atoms with Gasteiger partial charge in [-0.3, -0.25) is 10.3 Å². The van der Waals surface area contributed by atoms with Gasteiger partial charge in [0.25, 0.3) is 0 Å². The van der Waals surface area contributed by atoms with Crippen LogP contribution in [-0.2, 0) is 4.84 Å². The van der Waals surface area contributed by atoms with Crippen molar-refractivity contribution in [3.8, 4) is 0 Å². The van der Waals surface area contributed by atoms with Gasteiger partial charge in [0, 0.05) is 11.7 Å². The molecule has 1 unspecified atom stereocenters. The zero-order chi connectivity index (χ0) is 10.2. The van der Waals surface area contributed by atoms with E-state index in [1.807, 2.05) is 6.92 Å². The summed E-state index contributed by atoms with van der Waals surface area (Å²) in [6, 6.07) is 0.533. The van der Waals surface area contributed by atoms with Gasteiger partial charge in [0.2, 0.25) is 0 Å². The third-order valence-electron chi connectivity index (χ3n) is 2.44. The Labute approximate surface area is 86.9 Å². The van der Waals surface area contributed by atoms with Crippen LogP contribution >= 0.6 is 0 Å². The molecule has 1 aliphatic rings. The summed E-state index contributed by atoms with van der Waals surface area (Å²) < 4.78 is 0. The second-order valence-corrected chi connectivity index (χ2v) is 3.86. The number of hydroxylamine groups is 1. The highest BCUT2D eigenvalue weighted by atomic mass is 16.6. The first-order valence-corrected chi connectivity index (χ1v) is 5.61. The lowest BCUT2D eigenvalue weighted by Crippen LogP contribution is -2.38. The molecule has 0 aliphatic carbocycles. The van der Waals surface area contributed by atoms with Gasteiger partial charge in [-0.15, -0.1) is 0 Å². The number of allylic oxidation sites excluding steroid dienone is 2. The second kappa shape index (κ2) is 6.85. The molecule has 1 rings (SSSR count). The Kier molecular flexibility index (Phi) is 5.64. The molecular weight excluding hydrogens is 176 g/mol. The lowest BCUT2D eigenvalue weighted by atomic mass is 10.1. The fraction of sp³-hybridized carbons (Fsp3) is 0.818. The largest absolute Gasteiger partial charge is 0.312 e. The molecule has 3 heteroatoms. The molecule has 0 aromatic heterocycles. The standard InChI is InChI=1S/C11H22N2O/c1-3-6-10(2)13-14-9-11-7-4-5-8-12-11/h6,11-13H,3-5,7-9H2,1-2H3/b10-6-. The first kappa shape index (κ1) is 11.5. The smallest absolute Gasteiger partial charge is 0.0898 e. The molecule has 0 aromatic rings. The van der Waals surface area contributed by atoms with Gasteiger partial charge in [-0.25, -0.2) is 0 Å². The van der Waals surface area contributed by atoms with Gasteiger partial charge in [0.1, 0.15) is 0 Å². The molecule has 1 saturated heterocycles. The van der Waals surface area contributed by atoms with Crippen LogP contribution in [0.25, 0.3) is 0 Å². The summed E-state index contributed by atoms with van der Waals surface area (Å²) in [6.45, 7) is 6.04. The van der Waals surface area contributed by atoms with Crippen molar-refractivity contribution in [3.63, 3.8) is 0 Å². The van der Waals surface area contributed by atoms with Gasteiger partial charge in [-0.05, 0) is 32.7 Å². The molecule has 1 heterocycles. The van der Waals surface area contributed by atoms with Gasteiger partial charge in [-0.1, -0.05) is 19.4 Å². The van der Waals surface area contributed by atoms with E-state index in [0.717, 1.165) is 25.3 Å². The van der Waals surface area contributed by atoms with Crippen molar-refractivity contribution < 1.29 is 4.84 Å². The highest BCUT2D eigenvalue weighted by Crippen LogP contribution is 2.06. The lowest BCUT2D eigenvalue weighted by Gasteiger charge is -2.23. The molecule has 0 amide bonds. The molecule has 0 saturated carbocycles. The topological polar surface area (TPSA) is 33.3 Å². The average Bonchev–Trinajstić information content (AvgIpc) is 2.20. The van der Waals surface area contributed by atoms with Crippen LogP contribution in [0, 0.1) is 0 Å². The van der Waals surface area contributed by atoms with Crippen molar-refractivity contribution >= 4 is 0 Å². The van der Waals surface area contributed by atoms with E-state index in [1.165, 1.54) is 19.3 Å². The minimum Gasteiger partial charge on any atom is -0.312 e. The molecular formula is C11H22N2O. The summed E-state index contributed by atoms with van der Waals surface area (Å²) in [7, 11) is 0. The van der Waals surface area contributed by atoms with Crippen molar-refractivity contribution in [1.29, 1.82) is 0 Å². The van der Waals surface area contributed by atoms with E-state index in [2.05, 4.69) is 23.8 Å². The third-order valence-corrected chi connectivity index (χ3v) is 2.44. The number of rotatable bonds is 5. The third kappa shape index (κ3) is 4.63. The van der Waals surface area contributed by atoms with Gasteiger partial charge < -0.3 is 5.32 Å². The van der Waals surface area contributed by atoms with Gasteiger partial charge in [-0.2, -0.15) is 0 Å². The monoisotopic (exact) mass is 198 g/mol. The van der Waals surface area contributed by atoms with E-state index in [4.69, 9.17) is 4.84 Å². The Balaban J connectivity index is 2.05. The summed E-state index contributed by atoms with van der Waals surface area (Å²) in [4.78, 5) is 5.41. The molecule has 82 valence electrons. The zero-order valence-electron chi connectivity index (χ0n) is 9.31. The van der Waals surface area contributed by atoms with Crippen molar-refractivity contribution in [3.05, 3.63) is 11.8 Å². The van der Waals surface area contributed by atoms with Gasteiger partial charge >= 0.3 is 0 Å². The van der Waals surface area contributed by atoms with Crippen molar-refractivity contribution in [1.82, 2.24) is 10.8 Å². The van der Waals surface area contributed by atoms with Crippen LogP contribution in [0.15, 0.2) is 11.8 Å². The van der Waals surface area contributed by atoms with Crippen LogP contribution < -0.4 is 10.8 Å². The first-order chi connectivity index (χ1) is 6.83. The van der Waals surface area contributed by atoms with Gasteiger partial charge in [0.15, 0.2) is 0 Å². The molecule has 0 spiro atoms. The molecule has 14 heavy (non-hydrogen) atoms. The Morgan fingerprint density at radius 2 is 2.43 bits per heavy atom. The Morgan fingerprint density at radius 1 is 1.57 bits per heavy atom. The van der Waals surface area contributed by atoms with Crippen molar-refractivity contribution in [2.45, 2.75) is 45.6 Å². The maximum absolute atomic E-state index is 5.41. The summed E-state index contributed by atoms with van der Waals surface area (Å²) >= 11 is 0. The van der Waals surface area contributed by atoms with Crippen LogP contribution in [0.1, 0.15) is 39.5 Å². The minimum absolute atomic E-state index is 0.533. The Morgan fingerprint density at radius 3 is 3.07 bits per heavy atom. The second-order valence-electron chi connectivity index (χ2n) is 3.86. The Bertz CT molecular complexity index is 174. The van der Waals surface area contributed by atoms with Crippen LogP contribution in [0.4, 0.5) is 0 Å². The summed E-state index contributed by atoms with van der Waals surface area (Å²) in [5.74, 6) is 0. The molecule has 2 N–H and O–H groups in total. The summed E-state index contributed by atoms with van der Waals surface area (Å²) in [6.07, 6.45) is 7.03. The maximum Gasteiger partial charge on any atom is 0.0898 e. The molecule has 0 aromatic carbocycles. The predicted molar refractivity (Wildman–Crippen MR) is 58.8 cm³/mol. The molecule has 0 bridgehead atoms. The molecule has 1 atom stereocenters. The summed E-state index contributed by atoms with van der Waals surface area (Å²) in [5, 5.41) is 3.44. The quantitative estimate of drug-likeness (QED) is 0.663. The first-order valence-electron chi connectivity index (χ1n) is 5.61.